The van der Waals surface area contributed by atoms with Crippen LogP contribution in [0.5, 0.6) is 0 Å². The molecule has 0 aliphatic rings. The molecule has 0 aliphatic heterocycles. The fourth-order valence-electron chi connectivity index (χ4n) is 1.21. The van der Waals surface area contributed by atoms with Gasteiger partial charge in [0, 0.05) is 5.56 Å². The Morgan fingerprint density at radius 2 is 2.20 bits per heavy atom. The second-order valence-corrected chi connectivity index (χ2v) is 3.29. The highest BCUT2D eigenvalue weighted by Crippen LogP contribution is 2.12. The Hall–Kier alpha value is -1.64. The summed E-state index contributed by atoms with van der Waals surface area (Å²) < 4.78 is 18.4. The first-order valence-electron chi connectivity index (χ1n) is 4.75. The first kappa shape index (κ1) is 11.4. The van der Waals surface area contributed by atoms with Crippen LogP contribution in [0.15, 0.2) is 30.5 Å². The Bertz CT molecular complexity index is 399. The van der Waals surface area contributed by atoms with Gasteiger partial charge in [-0.05, 0) is 31.0 Å². The monoisotopic (exact) mass is 207 g/mol. The lowest BCUT2D eigenvalue weighted by molar-refractivity contribution is 0.417. The summed E-state index contributed by atoms with van der Waals surface area (Å²) in [6.07, 6.45) is 0.640. The third kappa shape index (κ3) is 2.91. The molecule has 1 aromatic rings. The molecule has 80 valence electrons. The highest BCUT2D eigenvalue weighted by molar-refractivity contribution is 5.92. The smallest absolute Gasteiger partial charge is 0.218 e. The summed E-state index contributed by atoms with van der Waals surface area (Å²) in [6, 6.07) is 4.65. The predicted octanol–water partition coefficient (Wildman–Crippen LogP) is 3.26. The highest BCUT2D eigenvalue weighted by atomic mass is 19.1. The van der Waals surface area contributed by atoms with Crippen LogP contribution < -0.4 is 0 Å². The maximum absolute atomic E-state index is 13.4. The topological polar surface area (TPSA) is 33.1 Å². The van der Waals surface area contributed by atoms with Gasteiger partial charge >= 0.3 is 0 Å². The molecule has 0 heterocycles. The van der Waals surface area contributed by atoms with E-state index in [9.17, 15) is 4.39 Å². The van der Waals surface area contributed by atoms with Gasteiger partial charge in [-0.1, -0.05) is 19.6 Å². The second kappa shape index (κ2) is 4.73. The maximum Gasteiger partial charge on any atom is 0.218 e. The van der Waals surface area contributed by atoms with Gasteiger partial charge in [-0.2, -0.15) is 0 Å². The molecule has 1 aromatic carbocycles. The van der Waals surface area contributed by atoms with Crippen LogP contribution in [0, 0.1) is 11.2 Å². The van der Waals surface area contributed by atoms with E-state index in [-0.39, 0.29) is 11.7 Å². The molecule has 0 saturated heterocycles. The van der Waals surface area contributed by atoms with Crippen LogP contribution in [-0.2, 0) is 11.2 Å². The number of hydrogen-bond acceptors (Lipinski definition) is 2. The summed E-state index contributed by atoms with van der Waals surface area (Å²) in [5, 5.41) is 7.53. The lowest BCUT2D eigenvalue weighted by Gasteiger charge is -2.07. The summed E-state index contributed by atoms with van der Waals surface area (Å²) >= 11 is 0. The lowest BCUT2D eigenvalue weighted by atomic mass is 10.1. The molecule has 2 nitrogen and oxygen atoms in total. The average molecular weight is 207 g/mol. The molecule has 0 bridgehead atoms. The molecule has 3 heteroatoms. The van der Waals surface area contributed by atoms with Gasteiger partial charge in [0.25, 0.3) is 0 Å². The van der Waals surface area contributed by atoms with Crippen LogP contribution in [0.2, 0.25) is 0 Å². The minimum absolute atomic E-state index is 0.0796. The van der Waals surface area contributed by atoms with E-state index in [4.69, 9.17) is 10.1 Å². The number of ether oxygens (including phenoxy) is 1. The van der Waals surface area contributed by atoms with E-state index in [2.05, 4.69) is 6.58 Å². The molecule has 15 heavy (non-hydrogen) atoms. The van der Waals surface area contributed by atoms with Gasteiger partial charge < -0.3 is 4.74 Å². The maximum atomic E-state index is 13.4. The van der Waals surface area contributed by atoms with Crippen molar-refractivity contribution in [2.24, 2.45) is 0 Å². The molecule has 0 aliphatic carbocycles. The normalized spacial score (nSPS) is 9.80. The number of aryl methyl sites for hydroxylation is 1. The van der Waals surface area contributed by atoms with Crippen LogP contribution in [-0.4, -0.2) is 5.90 Å². The number of rotatable bonds is 3. The van der Waals surface area contributed by atoms with Gasteiger partial charge in [-0.25, -0.2) is 4.39 Å². The molecule has 0 saturated carbocycles. The SMILES string of the molecule is C=C(C)OC(=N)c1ccc(CC)c(F)c1. The van der Waals surface area contributed by atoms with E-state index >= 15 is 0 Å². The Kier molecular flexibility index (Phi) is 3.61. The van der Waals surface area contributed by atoms with Crippen molar-refractivity contribution >= 4 is 5.90 Å². The summed E-state index contributed by atoms with van der Waals surface area (Å²) in [4.78, 5) is 0. The molecule has 1 N–H and O–H groups in total. The van der Waals surface area contributed by atoms with Gasteiger partial charge in [0.15, 0.2) is 0 Å². The summed E-state index contributed by atoms with van der Waals surface area (Å²) in [6.45, 7) is 7.05. The van der Waals surface area contributed by atoms with Crippen LogP contribution in [0.3, 0.4) is 0 Å². The Morgan fingerprint density at radius 3 is 2.67 bits per heavy atom. The van der Waals surface area contributed by atoms with Crippen molar-refractivity contribution in [3.63, 3.8) is 0 Å². The minimum atomic E-state index is -0.301. The van der Waals surface area contributed by atoms with Crippen molar-refractivity contribution in [1.82, 2.24) is 0 Å². The zero-order valence-electron chi connectivity index (χ0n) is 8.93. The molecular formula is C12H14FNO. The third-order valence-corrected chi connectivity index (χ3v) is 1.97. The van der Waals surface area contributed by atoms with Crippen LogP contribution in [0.25, 0.3) is 0 Å². The molecule has 0 radical (unpaired) electrons. The van der Waals surface area contributed by atoms with Crippen molar-refractivity contribution in [3.05, 3.63) is 47.5 Å². The van der Waals surface area contributed by atoms with Crippen LogP contribution in [0.4, 0.5) is 4.39 Å². The Morgan fingerprint density at radius 1 is 1.53 bits per heavy atom. The third-order valence-electron chi connectivity index (χ3n) is 1.97. The second-order valence-electron chi connectivity index (χ2n) is 3.29. The molecule has 0 fully saturated rings. The van der Waals surface area contributed by atoms with Crippen LogP contribution in [0.1, 0.15) is 25.0 Å². The zero-order chi connectivity index (χ0) is 11.4. The fourth-order valence-corrected chi connectivity index (χ4v) is 1.21. The Balaban J connectivity index is 2.92. The number of nitrogens with one attached hydrogen (secondary N) is 1. The number of halogens is 1. The van der Waals surface area contributed by atoms with Crippen molar-refractivity contribution in [2.75, 3.05) is 0 Å². The zero-order valence-corrected chi connectivity index (χ0v) is 8.93. The minimum Gasteiger partial charge on any atom is -0.444 e. The largest absolute Gasteiger partial charge is 0.444 e. The van der Waals surface area contributed by atoms with Crippen molar-refractivity contribution in [1.29, 1.82) is 5.41 Å². The molecule has 0 unspecified atom stereocenters. The number of hydrogen-bond donors (Lipinski definition) is 1. The van der Waals surface area contributed by atoms with E-state index in [1.54, 1.807) is 19.1 Å². The first-order chi connectivity index (χ1) is 7.04. The van der Waals surface area contributed by atoms with Crippen molar-refractivity contribution in [2.45, 2.75) is 20.3 Å². The first-order valence-corrected chi connectivity index (χ1v) is 4.75. The molecular weight excluding hydrogens is 193 g/mol. The molecule has 0 atom stereocenters. The van der Waals surface area contributed by atoms with Gasteiger partial charge in [0.1, 0.15) is 5.82 Å². The van der Waals surface area contributed by atoms with E-state index in [1.807, 2.05) is 6.92 Å². The van der Waals surface area contributed by atoms with Crippen LogP contribution >= 0.6 is 0 Å². The number of benzene rings is 1. The van der Waals surface area contributed by atoms with Gasteiger partial charge in [0.2, 0.25) is 5.90 Å². The standard InChI is InChI=1S/C12H14FNO/c1-4-9-5-6-10(7-11(9)13)12(14)15-8(2)3/h5-7,14H,2,4H2,1,3H3. The fraction of sp³-hybridized carbons (Fsp3) is 0.250. The van der Waals surface area contributed by atoms with E-state index < -0.39 is 0 Å². The summed E-state index contributed by atoms with van der Waals surface area (Å²) in [7, 11) is 0. The van der Waals surface area contributed by atoms with Crippen molar-refractivity contribution < 1.29 is 9.13 Å². The number of allylic oxidation sites excluding steroid dienone is 1. The van der Waals surface area contributed by atoms with E-state index in [0.29, 0.717) is 23.3 Å². The molecule has 0 spiro atoms. The van der Waals surface area contributed by atoms with E-state index in [1.165, 1.54) is 6.07 Å². The highest BCUT2D eigenvalue weighted by Gasteiger charge is 2.07. The quantitative estimate of drug-likeness (QED) is 0.460. The molecule has 1 rings (SSSR count). The predicted molar refractivity (Wildman–Crippen MR) is 58.5 cm³/mol. The van der Waals surface area contributed by atoms with E-state index in [0.717, 1.165) is 0 Å². The Labute approximate surface area is 88.9 Å². The van der Waals surface area contributed by atoms with Gasteiger partial charge in [0.05, 0.1) is 5.76 Å². The summed E-state index contributed by atoms with van der Waals surface area (Å²) in [5.41, 5.74) is 1.06. The van der Waals surface area contributed by atoms with Gasteiger partial charge in [-0.15, -0.1) is 0 Å². The van der Waals surface area contributed by atoms with Gasteiger partial charge in [-0.3, -0.25) is 5.41 Å². The van der Waals surface area contributed by atoms with Crippen molar-refractivity contribution in [3.8, 4) is 0 Å². The molecule has 0 aromatic heterocycles. The lowest BCUT2D eigenvalue weighted by Crippen LogP contribution is -2.04. The molecule has 0 amide bonds. The average Bonchev–Trinajstić information content (AvgIpc) is 2.16. The summed E-state index contributed by atoms with van der Waals surface area (Å²) in [5.74, 6) is 0.0362.